The lowest BCUT2D eigenvalue weighted by Gasteiger charge is -2.34. The van der Waals surface area contributed by atoms with Gasteiger partial charge < -0.3 is 10.2 Å². The Hall–Kier alpha value is -2.78. The Balaban J connectivity index is 2.08. The Bertz CT molecular complexity index is 1440. The number of amides is 2. The predicted octanol–water partition coefficient (Wildman–Crippen LogP) is 6.56. The Morgan fingerprint density at radius 1 is 0.875 bits per heavy atom. The maximum absolute atomic E-state index is 14.1. The summed E-state index contributed by atoms with van der Waals surface area (Å²) in [6, 6.07) is 18.0. The Labute approximate surface area is 251 Å². The lowest BCUT2D eigenvalue weighted by molar-refractivity contribution is -0.140. The van der Waals surface area contributed by atoms with Crippen molar-refractivity contribution in [3.05, 3.63) is 93.4 Å². The molecule has 0 aliphatic heterocycles. The van der Waals surface area contributed by atoms with Gasteiger partial charge in [-0.3, -0.25) is 13.9 Å². The van der Waals surface area contributed by atoms with Crippen LogP contribution in [0.3, 0.4) is 0 Å². The predicted molar refractivity (Wildman–Crippen MR) is 161 cm³/mol. The third-order valence-corrected chi connectivity index (χ3v) is 9.15. The maximum atomic E-state index is 14.1. The third kappa shape index (κ3) is 7.69. The van der Waals surface area contributed by atoms with Crippen molar-refractivity contribution in [2.45, 2.75) is 57.1 Å². The first-order chi connectivity index (χ1) is 19.0. The first kappa shape index (κ1) is 31.7. The number of nitrogens with zero attached hydrogens (tertiary/aromatic N) is 2. The molecule has 0 fully saturated rings. The zero-order chi connectivity index (χ0) is 29.4. The minimum Gasteiger partial charge on any atom is -0.352 e. The van der Waals surface area contributed by atoms with Gasteiger partial charge in [0, 0.05) is 22.6 Å². The lowest BCUT2D eigenvalue weighted by Crippen LogP contribution is -2.53. The van der Waals surface area contributed by atoms with Gasteiger partial charge in [-0.25, -0.2) is 8.42 Å². The van der Waals surface area contributed by atoms with E-state index in [1.54, 1.807) is 61.5 Å². The van der Waals surface area contributed by atoms with E-state index in [4.69, 9.17) is 34.8 Å². The van der Waals surface area contributed by atoms with E-state index in [9.17, 15) is 18.0 Å². The summed E-state index contributed by atoms with van der Waals surface area (Å²) in [6.45, 7) is 4.97. The average Bonchev–Trinajstić information content (AvgIpc) is 2.93. The average molecular weight is 625 g/mol. The molecular weight excluding hydrogens is 593 g/mol. The van der Waals surface area contributed by atoms with Crippen LogP contribution in [-0.2, 0) is 26.2 Å². The lowest BCUT2D eigenvalue weighted by atomic mass is 10.1. The van der Waals surface area contributed by atoms with Crippen LogP contribution >= 0.6 is 34.8 Å². The van der Waals surface area contributed by atoms with Crippen molar-refractivity contribution < 1.29 is 18.0 Å². The summed E-state index contributed by atoms with van der Waals surface area (Å²) in [5.41, 5.74) is 0.701. The molecule has 1 N–H and O–H groups in total. The summed E-state index contributed by atoms with van der Waals surface area (Å²) in [4.78, 5) is 28.8. The van der Waals surface area contributed by atoms with Crippen LogP contribution in [0.15, 0.2) is 77.7 Å². The molecule has 0 saturated carbocycles. The minimum atomic E-state index is -4.21. The first-order valence-corrected chi connectivity index (χ1v) is 15.4. The monoisotopic (exact) mass is 623 g/mol. The van der Waals surface area contributed by atoms with Gasteiger partial charge in [-0.15, -0.1) is 0 Å². The van der Waals surface area contributed by atoms with Gasteiger partial charge in [0.15, 0.2) is 0 Å². The van der Waals surface area contributed by atoms with Gasteiger partial charge in [0.05, 0.1) is 15.6 Å². The number of rotatable bonds is 12. The fourth-order valence-electron chi connectivity index (χ4n) is 4.08. The van der Waals surface area contributed by atoms with Gasteiger partial charge in [0.25, 0.3) is 10.0 Å². The summed E-state index contributed by atoms with van der Waals surface area (Å²) in [7, 11) is -4.21. The molecule has 3 rings (SSSR count). The van der Waals surface area contributed by atoms with Crippen LogP contribution in [-0.4, -0.2) is 43.8 Å². The molecule has 0 saturated heterocycles. The van der Waals surface area contributed by atoms with Crippen molar-refractivity contribution in [3.8, 4) is 0 Å². The number of hydrogen-bond acceptors (Lipinski definition) is 4. The molecule has 0 unspecified atom stereocenters. The van der Waals surface area contributed by atoms with Gasteiger partial charge in [0.1, 0.15) is 12.6 Å². The van der Waals surface area contributed by atoms with Crippen molar-refractivity contribution in [2.24, 2.45) is 0 Å². The van der Waals surface area contributed by atoms with Gasteiger partial charge >= 0.3 is 0 Å². The molecule has 2 atom stereocenters. The Morgan fingerprint density at radius 3 is 2.12 bits per heavy atom. The maximum Gasteiger partial charge on any atom is 0.264 e. The fourth-order valence-corrected chi connectivity index (χ4v) is 6.29. The van der Waals surface area contributed by atoms with Gasteiger partial charge in [0.2, 0.25) is 11.8 Å². The van der Waals surface area contributed by atoms with Crippen LogP contribution in [0.5, 0.6) is 0 Å². The molecule has 2 amide bonds. The summed E-state index contributed by atoms with van der Waals surface area (Å²) >= 11 is 18.9. The van der Waals surface area contributed by atoms with Crippen LogP contribution in [0.4, 0.5) is 5.69 Å². The Morgan fingerprint density at radius 2 is 1.52 bits per heavy atom. The second kappa shape index (κ2) is 14.2. The molecule has 0 heterocycles. The molecular formula is C29H32Cl3N3O4S. The minimum absolute atomic E-state index is 0.00318. The molecule has 0 aliphatic rings. The highest BCUT2D eigenvalue weighted by Crippen LogP contribution is 2.31. The number of carbonyl (C=O) groups is 2. The highest BCUT2D eigenvalue weighted by Gasteiger charge is 2.34. The topological polar surface area (TPSA) is 86.8 Å². The number of benzene rings is 3. The zero-order valence-corrected chi connectivity index (χ0v) is 25.6. The number of para-hydroxylation sites is 1. The SMILES string of the molecule is CC[C@@H](C)NC(=O)[C@H](CC)N(Cc1ccc(Cl)cc1Cl)C(=O)CN(c1ccccc1Cl)S(=O)(=O)c1ccccc1. The molecule has 7 nitrogen and oxygen atoms in total. The van der Waals surface area contributed by atoms with Crippen LogP contribution in [0, 0.1) is 0 Å². The van der Waals surface area contributed by atoms with Crippen molar-refractivity contribution in [3.63, 3.8) is 0 Å². The largest absolute Gasteiger partial charge is 0.352 e. The first-order valence-electron chi connectivity index (χ1n) is 12.9. The van der Waals surface area contributed by atoms with Crippen LogP contribution < -0.4 is 9.62 Å². The van der Waals surface area contributed by atoms with E-state index in [1.165, 1.54) is 23.1 Å². The summed E-state index contributed by atoms with van der Waals surface area (Å²) in [6.07, 6.45) is 0.992. The van der Waals surface area contributed by atoms with Crippen molar-refractivity contribution >= 4 is 62.3 Å². The molecule has 11 heteroatoms. The molecule has 0 radical (unpaired) electrons. The quantitative estimate of drug-likeness (QED) is 0.247. The van der Waals surface area contributed by atoms with E-state index in [0.29, 0.717) is 22.0 Å². The molecule has 0 aliphatic carbocycles. The van der Waals surface area contributed by atoms with Crippen LogP contribution in [0.25, 0.3) is 0 Å². The molecule has 0 bridgehead atoms. The van der Waals surface area contributed by atoms with Crippen LogP contribution in [0.1, 0.15) is 39.2 Å². The van der Waals surface area contributed by atoms with E-state index in [1.807, 2.05) is 13.8 Å². The van der Waals surface area contributed by atoms with Crippen molar-refractivity contribution in [1.29, 1.82) is 0 Å². The molecule has 0 spiro atoms. The normalized spacial score (nSPS) is 12.8. The fraction of sp³-hybridized carbons (Fsp3) is 0.310. The third-order valence-electron chi connectivity index (χ3n) is 6.47. The number of nitrogens with one attached hydrogen (secondary N) is 1. The number of sulfonamides is 1. The molecule has 3 aromatic carbocycles. The van der Waals surface area contributed by atoms with Gasteiger partial charge in [-0.05, 0) is 61.7 Å². The highest BCUT2D eigenvalue weighted by molar-refractivity contribution is 7.92. The molecule has 0 aromatic heterocycles. The molecule has 40 heavy (non-hydrogen) atoms. The van der Waals surface area contributed by atoms with E-state index >= 15 is 0 Å². The number of halogens is 3. The van der Waals surface area contributed by atoms with E-state index in [2.05, 4.69) is 5.32 Å². The molecule has 3 aromatic rings. The summed E-state index contributed by atoms with van der Waals surface area (Å²) in [5, 5.41) is 3.84. The van der Waals surface area contributed by atoms with E-state index in [0.717, 1.165) is 4.31 Å². The standard InChI is InChI=1S/C29H32Cl3N3O4S/c1-4-20(3)33-29(37)26(5-2)34(18-21-15-16-22(30)17-25(21)32)28(36)19-35(27-14-10-9-13-24(27)31)40(38,39)23-11-7-6-8-12-23/h6-17,20,26H,4-5,18-19H2,1-3H3,(H,33,37)/t20-,26+/m1/s1. The smallest absolute Gasteiger partial charge is 0.264 e. The number of anilines is 1. The number of carbonyl (C=O) groups excluding carboxylic acids is 2. The second-order valence-electron chi connectivity index (χ2n) is 9.28. The second-order valence-corrected chi connectivity index (χ2v) is 12.4. The summed E-state index contributed by atoms with van der Waals surface area (Å²) in [5.74, 6) is -0.943. The Kier molecular flexibility index (Phi) is 11.3. The van der Waals surface area contributed by atoms with Gasteiger partial charge in [-0.1, -0.05) is 85.0 Å². The zero-order valence-electron chi connectivity index (χ0n) is 22.5. The van der Waals surface area contributed by atoms with Crippen molar-refractivity contribution in [2.75, 3.05) is 10.8 Å². The van der Waals surface area contributed by atoms with Crippen molar-refractivity contribution in [1.82, 2.24) is 10.2 Å². The highest BCUT2D eigenvalue weighted by atomic mass is 35.5. The number of hydrogen-bond donors (Lipinski definition) is 1. The van der Waals surface area contributed by atoms with E-state index in [-0.39, 0.29) is 40.5 Å². The summed E-state index contributed by atoms with van der Waals surface area (Å²) < 4.78 is 28.6. The van der Waals surface area contributed by atoms with Gasteiger partial charge in [-0.2, -0.15) is 0 Å². The van der Waals surface area contributed by atoms with Crippen LogP contribution in [0.2, 0.25) is 15.1 Å². The molecule has 214 valence electrons. The van der Waals surface area contributed by atoms with E-state index < -0.39 is 28.5 Å².